The van der Waals surface area contributed by atoms with Crippen LogP contribution in [0.5, 0.6) is 0 Å². The number of alkyl halides is 3. The first kappa shape index (κ1) is 22.4. The molecule has 0 aliphatic rings. The summed E-state index contributed by atoms with van der Waals surface area (Å²) in [5.74, 6) is -1.63. The Bertz CT molecular complexity index is 648. The zero-order valence-electron chi connectivity index (χ0n) is 14.4. The number of hydrogen-bond donors (Lipinski definition) is 1. The molecule has 0 fully saturated rings. The second-order valence-electron chi connectivity index (χ2n) is 6.17. The molecule has 0 saturated heterocycles. The third-order valence-electron chi connectivity index (χ3n) is 3.70. The van der Waals surface area contributed by atoms with Gasteiger partial charge in [-0.25, -0.2) is 8.42 Å². The Balaban J connectivity index is 2.38. The van der Waals surface area contributed by atoms with Gasteiger partial charge in [0, 0.05) is 13.0 Å². The molecule has 0 saturated carbocycles. The number of sulfone groups is 1. The van der Waals surface area contributed by atoms with Crippen molar-refractivity contribution in [1.82, 2.24) is 4.90 Å². The van der Waals surface area contributed by atoms with Gasteiger partial charge < -0.3 is 5.11 Å². The van der Waals surface area contributed by atoms with Crippen LogP contribution in [0.25, 0.3) is 0 Å². The minimum atomic E-state index is -4.34. The van der Waals surface area contributed by atoms with E-state index in [1.165, 1.54) is 0 Å². The Morgan fingerprint density at radius 3 is 2.23 bits per heavy atom. The number of benzene rings is 1. The van der Waals surface area contributed by atoms with E-state index < -0.39 is 40.6 Å². The molecular weight excluding hydrogens is 371 g/mol. The van der Waals surface area contributed by atoms with Gasteiger partial charge >= 0.3 is 12.1 Å². The predicted molar refractivity (Wildman–Crippen MR) is 92.5 cm³/mol. The maximum Gasteiger partial charge on any atom is 0.389 e. The lowest BCUT2D eigenvalue weighted by atomic mass is 10.2. The summed E-state index contributed by atoms with van der Waals surface area (Å²) in [4.78, 5) is 12.7. The summed E-state index contributed by atoms with van der Waals surface area (Å²) in [5.41, 5.74) is 0.952. The smallest absolute Gasteiger partial charge is 0.389 e. The van der Waals surface area contributed by atoms with E-state index in [9.17, 15) is 26.4 Å². The highest BCUT2D eigenvalue weighted by Gasteiger charge is 2.27. The third-order valence-corrected chi connectivity index (χ3v) is 5.52. The van der Waals surface area contributed by atoms with Gasteiger partial charge in [-0.05, 0) is 31.4 Å². The van der Waals surface area contributed by atoms with Crippen LogP contribution in [-0.2, 0) is 21.2 Å². The SMILES string of the molecule is O=C(O)CN(CCCCS(=O)(=O)CCCC(F)(F)F)Cc1ccccc1. The fourth-order valence-electron chi connectivity index (χ4n) is 2.50. The fourth-order valence-corrected chi connectivity index (χ4v) is 3.93. The molecule has 0 heterocycles. The molecule has 0 spiro atoms. The lowest BCUT2D eigenvalue weighted by Crippen LogP contribution is -2.30. The summed E-state index contributed by atoms with van der Waals surface area (Å²) >= 11 is 0. The molecule has 1 rings (SSSR count). The van der Waals surface area contributed by atoms with Crippen LogP contribution in [0.3, 0.4) is 0 Å². The first-order valence-electron chi connectivity index (χ1n) is 8.33. The van der Waals surface area contributed by atoms with E-state index in [1.54, 1.807) is 4.90 Å². The number of unbranched alkanes of at least 4 members (excludes halogenated alkanes) is 1. The highest BCUT2D eigenvalue weighted by Crippen LogP contribution is 2.21. The molecule has 1 aromatic rings. The fraction of sp³-hybridized carbons (Fsp3) is 0.588. The molecule has 0 aliphatic carbocycles. The van der Waals surface area contributed by atoms with Crippen LogP contribution in [0.4, 0.5) is 13.2 Å². The van der Waals surface area contributed by atoms with E-state index >= 15 is 0 Å². The van der Waals surface area contributed by atoms with Gasteiger partial charge in [-0.3, -0.25) is 9.69 Å². The first-order chi connectivity index (χ1) is 12.1. The largest absolute Gasteiger partial charge is 0.480 e. The van der Waals surface area contributed by atoms with Crippen molar-refractivity contribution in [1.29, 1.82) is 0 Å². The molecule has 0 aliphatic heterocycles. The standard InChI is InChI=1S/C17H24F3NO4S/c18-17(19,20)9-6-12-26(24,25)11-5-4-10-21(14-16(22)23)13-15-7-2-1-3-8-15/h1-3,7-8H,4-6,9-14H2,(H,22,23). The summed E-state index contributed by atoms with van der Waals surface area (Å²) in [6.45, 7) is 0.679. The van der Waals surface area contributed by atoms with E-state index in [4.69, 9.17) is 5.11 Å². The highest BCUT2D eigenvalue weighted by molar-refractivity contribution is 7.91. The van der Waals surface area contributed by atoms with Crippen molar-refractivity contribution in [3.63, 3.8) is 0 Å². The maximum absolute atomic E-state index is 12.1. The van der Waals surface area contributed by atoms with Crippen molar-refractivity contribution in [3.05, 3.63) is 35.9 Å². The number of nitrogens with zero attached hydrogens (tertiary/aromatic N) is 1. The Labute approximate surface area is 151 Å². The normalized spacial score (nSPS) is 12.5. The molecule has 0 radical (unpaired) electrons. The van der Waals surface area contributed by atoms with Crippen LogP contribution in [-0.4, -0.2) is 55.2 Å². The molecule has 0 bridgehead atoms. The predicted octanol–water partition coefficient (Wildman–Crippen LogP) is 3.11. The van der Waals surface area contributed by atoms with Crippen LogP contribution in [0.2, 0.25) is 0 Å². The van der Waals surface area contributed by atoms with E-state index in [1.807, 2.05) is 30.3 Å². The molecule has 26 heavy (non-hydrogen) atoms. The number of hydrogen-bond acceptors (Lipinski definition) is 4. The molecule has 1 N–H and O–H groups in total. The van der Waals surface area contributed by atoms with E-state index in [0.29, 0.717) is 25.9 Å². The van der Waals surface area contributed by atoms with Gasteiger partial charge in [-0.15, -0.1) is 0 Å². The molecule has 5 nitrogen and oxygen atoms in total. The number of carboxylic acids is 1. The van der Waals surface area contributed by atoms with Crippen LogP contribution in [0.1, 0.15) is 31.2 Å². The molecule has 0 atom stereocenters. The second-order valence-corrected chi connectivity index (χ2v) is 8.47. The van der Waals surface area contributed by atoms with Crippen molar-refractivity contribution >= 4 is 15.8 Å². The summed E-state index contributed by atoms with van der Waals surface area (Å²) in [7, 11) is -3.52. The number of halogens is 3. The lowest BCUT2D eigenvalue weighted by molar-refractivity contribution is -0.138. The summed E-state index contributed by atoms with van der Waals surface area (Å²) in [5, 5.41) is 8.98. The molecule has 9 heteroatoms. The van der Waals surface area contributed by atoms with Gasteiger partial charge in [-0.1, -0.05) is 30.3 Å². The van der Waals surface area contributed by atoms with Gasteiger partial charge in [0.25, 0.3) is 0 Å². The monoisotopic (exact) mass is 395 g/mol. The van der Waals surface area contributed by atoms with Crippen LogP contribution >= 0.6 is 0 Å². The molecule has 0 amide bonds. The quantitative estimate of drug-likeness (QED) is 0.551. The topological polar surface area (TPSA) is 74.7 Å². The molecule has 1 aromatic carbocycles. The number of carboxylic acid groups (broad SMARTS) is 1. The third kappa shape index (κ3) is 11.1. The van der Waals surface area contributed by atoms with Crippen LogP contribution < -0.4 is 0 Å². The first-order valence-corrected chi connectivity index (χ1v) is 10.1. The van der Waals surface area contributed by atoms with Crippen molar-refractivity contribution < 1.29 is 31.5 Å². The Morgan fingerprint density at radius 1 is 1.04 bits per heavy atom. The van der Waals surface area contributed by atoms with Gasteiger partial charge in [0.15, 0.2) is 0 Å². The minimum absolute atomic E-state index is 0.159. The van der Waals surface area contributed by atoms with Crippen molar-refractivity contribution in [2.45, 2.75) is 38.4 Å². The summed E-state index contributed by atoms with van der Waals surface area (Å²) < 4.78 is 59.7. The van der Waals surface area contributed by atoms with E-state index in [2.05, 4.69) is 0 Å². The van der Waals surface area contributed by atoms with Crippen LogP contribution in [0, 0.1) is 0 Å². The van der Waals surface area contributed by atoms with Crippen LogP contribution in [0.15, 0.2) is 30.3 Å². The lowest BCUT2D eigenvalue weighted by Gasteiger charge is -2.20. The molecular formula is C17H24F3NO4S. The number of rotatable bonds is 12. The zero-order chi connectivity index (χ0) is 19.6. The van der Waals surface area contributed by atoms with Gasteiger partial charge in [0.2, 0.25) is 0 Å². The minimum Gasteiger partial charge on any atom is -0.480 e. The Kier molecular flexibility index (Phi) is 9.07. The van der Waals surface area contributed by atoms with Gasteiger partial charge in [0.1, 0.15) is 9.84 Å². The van der Waals surface area contributed by atoms with E-state index in [0.717, 1.165) is 5.56 Å². The average Bonchev–Trinajstić information content (AvgIpc) is 2.50. The molecule has 0 aromatic heterocycles. The Hall–Kier alpha value is -1.61. The second kappa shape index (κ2) is 10.5. The maximum atomic E-state index is 12.1. The highest BCUT2D eigenvalue weighted by atomic mass is 32.2. The molecule has 148 valence electrons. The van der Waals surface area contributed by atoms with E-state index in [-0.39, 0.29) is 12.3 Å². The van der Waals surface area contributed by atoms with Crippen molar-refractivity contribution in [3.8, 4) is 0 Å². The number of aliphatic carboxylic acids is 1. The Morgan fingerprint density at radius 2 is 1.65 bits per heavy atom. The van der Waals surface area contributed by atoms with Gasteiger partial charge in [0.05, 0.1) is 18.1 Å². The summed E-state index contributed by atoms with van der Waals surface area (Å²) in [6, 6.07) is 9.30. The van der Waals surface area contributed by atoms with Crippen molar-refractivity contribution in [2.75, 3.05) is 24.6 Å². The molecule has 0 unspecified atom stereocenters. The average molecular weight is 395 g/mol. The van der Waals surface area contributed by atoms with Gasteiger partial charge in [-0.2, -0.15) is 13.2 Å². The zero-order valence-corrected chi connectivity index (χ0v) is 15.2. The summed E-state index contributed by atoms with van der Waals surface area (Å²) in [6.07, 6.45) is -5.12. The van der Waals surface area contributed by atoms with Crippen molar-refractivity contribution in [2.24, 2.45) is 0 Å². The number of carbonyl (C=O) groups is 1.